The predicted molar refractivity (Wildman–Crippen MR) is 120 cm³/mol. The number of hydrogen-bond acceptors (Lipinski definition) is 4. The van der Waals surface area contributed by atoms with Gasteiger partial charge in [-0.15, -0.1) is 0 Å². The Hall–Kier alpha value is -3.56. The Bertz CT molecular complexity index is 1180. The average Bonchev–Trinajstić information content (AvgIpc) is 2.77. The van der Waals surface area contributed by atoms with Crippen LogP contribution in [-0.2, 0) is 9.59 Å². The van der Waals surface area contributed by atoms with E-state index in [1.165, 1.54) is 11.8 Å². The van der Waals surface area contributed by atoms with E-state index in [-0.39, 0.29) is 29.9 Å². The van der Waals surface area contributed by atoms with Crippen LogP contribution in [0, 0.1) is 11.3 Å². The van der Waals surface area contributed by atoms with E-state index in [2.05, 4.69) is 16.7 Å². The van der Waals surface area contributed by atoms with Gasteiger partial charge in [-0.1, -0.05) is 72.4 Å². The third-order valence-corrected chi connectivity index (χ3v) is 5.98. The average molecular weight is 414 g/mol. The van der Waals surface area contributed by atoms with E-state index in [0.29, 0.717) is 16.3 Å². The number of hydrogen-bond donors (Lipinski definition) is 2. The lowest BCUT2D eigenvalue weighted by Crippen LogP contribution is -2.31. The molecule has 2 amide bonds. The molecular weight excluding hydrogens is 394 g/mol. The number of nitriles is 1. The lowest BCUT2D eigenvalue weighted by atomic mass is 9.84. The quantitative estimate of drug-likeness (QED) is 0.643. The second-order valence-corrected chi connectivity index (χ2v) is 7.92. The lowest BCUT2D eigenvalue weighted by molar-refractivity contribution is -0.121. The summed E-state index contributed by atoms with van der Waals surface area (Å²) in [5.41, 5.74) is 2.15. The van der Waals surface area contributed by atoms with Crippen molar-refractivity contribution in [2.75, 3.05) is 11.1 Å². The number of nitrogens with one attached hydrogen (secondary N) is 2. The minimum atomic E-state index is -0.338. The first kappa shape index (κ1) is 19.7. The fourth-order valence-electron chi connectivity index (χ4n) is 3.61. The molecule has 148 valence electrons. The van der Waals surface area contributed by atoms with Gasteiger partial charge in [0, 0.05) is 18.0 Å². The molecule has 1 aliphatic rings. The maximum Gasteiger partial charge on any atom is 0.234 e. The molecule has 0 radical (unpaired) electrons. The fraction of sp³-hybridized carbons (Fsp3) is 0.125. The molecule has 3 aromatic carbocycles. The summed E-state index contributed by atoms with van der Waals surface area (Å²) in [6, 6.07) is 25.3. The van der Waals surface area contributed by atoms with Crippen LogP contribution in [0.15, 0.2) is 83.4 Å². The second kappa shape index (κ2) is 8.85. The topological polar surface area (TPSA) is 82.0 Å². The molecule has 4 rings (SSSR count). The largest absolute Gasteiger partial charge is 0.325 e. The number of carbonyl (C=O) groups is 2. The molecule has 0 bridgehead atoms. The van der Waals surface area contributed by atoms with Gasteiger partial charge in [0.1, 0.15) is 0 Å². The summed E-state index contributed by atoms with van der Waals surface area (Å²) < 4.78 is 0. The van der Waals surface area contributed by atoms with Gasteiger partial charge in [0.2, 0.25) is 11.8 Å². The van der Waals surface area contributed by atoms with Crippen LogP contribution < -0.4 is 10.6 Å². The van der Waals surface area contributed by atoms with Crippen molar-refractivity contribution in [1.82, 2.24) is 5.32 Å². The highest BCUT2D eigenvalue weighted by Gasteiger charge is 2.30. The van der Waals surface area contributed by atoms with Crippen LogP contribution in [0.5, 0.6) is 0 Å². The Labute approximate surface area is 178 Å². The Morgan fingerprint density at radius 3 is 2.60 bits per heavy atom. The van der Waals surface area contributed by atoms with Crippen LogP contribution in [0.1, 0.15) is 17.9 Å². The molecule has 0 saturated heterocycles. The summed E-state index contributed by atoms with van der Waals surface area (Å²) in [5.74, 6) is -0.595. The minimum Gasteiger partial charge on any atom is -0.325 e. The summed E-state index contributed by atoms with van der Waals surface area (Å²) in [5, 5.41) is 18.0. The maximum atomic E-state index is 12.4. The molecule has 0 spiro atoms. The highest BCUT2D eigenvalue weighted by atomic mass is 32.2. The van der Waals surface area contributed by atoms with Crippen LogP contribution in [0.3, 0.4) is 0 Å². The number of amides is 2. The first-order valence-corrected chi connectivity index (χ1v) is 10.5. The Morgan fingerprint density at radius 1 is 1.07 bits per heavy atom. The van der Waals surface area contributed by atoms with Crippen molar-refractivity contribution >= 4 is 40.0 Å². The normalized spacial score (nSPS) is 16.1. The molecule has 1 atom stereocenters. The van der Waals surface area contributed by atoms with E-state index in [0.717, 1.165) is 16.3 Å². The number of nitrogens with zero attached hydrogens (tertiary/aromatic N) is 1. The molecule has 0 fully saturated rings. The van der Waals surface area contributed by atoms with E-state index in [9.17, 15) is 14.9 Å². The van der Waals surface area contributed by atoms with Crippen molar-refractivity contribution in [3.05, 3.63) is 89.0 Å². The third-order valence-electron chi connectivity index (χ3n) is 4.96. The van der Waals surface area contributed by atoms with Gasteiger partial charge in [0.05, 0.1) is 22.4 Å². The van der Waals surface area contributed by atoms with E-state index in [1.807, 2.05) is 72.8 Å². The summed E-state index contributed by atoms with van der Waals surface area (Å²) in [6.45, 7) is 0. The van der Waals surface area contributed by atoms with E-state index in [1.54, 1.807) is 0 Å². The number of para-hydroxylation sites is 1. The van der Waals surface area contributed by atoms with Crippen molar-refractivity contribution in [2.45, 2.75) is 12.3 Å². The van der Waals surface area contributed by atoms with Crippen molar-refractivity contribution in [3.8, 4) is 6.07 Å². The third kappa shape index (κ3) is 4.22. The van der Waals surface area contributed by atoms with Crippen LogP contribution in [0.2, 0.25) is 0 Å². The van der Waals surface area contributed by atoms with Crippen molar-refractivity contribution in [2.24, 2.45) is 0 Å². The molecule has 0 aliphatic carbocycles. The van der Waals surface area contributed by atoms with Crippen LogP contribution >= 0.6 is 11.8 Å². The number of fused-ring (bicyclic) bond motifs is 1. The fourth-order valence-corrected chi connectivity index (χ4v) is 4.49. The SMILES string of the molecule is N#CC1=C(SCC(=O)Nc2ccccc2)NC(=O)C[C@@H]1c1cccc2ccccc12. The van der Waals surface area contributed by atoms with Crippen LogP contribution in [0.4, 0.5) is 5.69 Å². The van der Waals surface area contributed by atoms with Gasteiger partial charge in [0.25, 0.3) is 0 Å². The molecule has 3 aromatic rings. The summed E-state index contributed by atoms with van der Waals surface area (Å²) in [4.78, 5) is 24.7. The van der Waals surface area contributed by atoms with E-state index >= 15 is 0 Å². The minimum absolute atomic E-state index is 0.0952. The summed E-state index contributed by atoms with van der Waals surface area (Å²) >= 11 is 1.18. The highest BCUT2D eigenvalue weighted by Crippen LogP contribution is 2.38. The molecule has 0 saturated carbocycles. The molecule has 6 heteroatoms. The summed E-state index contributed by atoms with van der Waals surface area (Å²) in [6.07, 6.45) is 0.206. The molecule has 30 heavy (non-hydrogen) atoms. The van der Waals surface area contributed by atoms with Crippen molar-refractivity contribution in [1.29, 1.82) is 5.26 Å². The van der Waals surface area contributed by atoms with Gasteiger partial charge in [-0.3, -0.25) is 9.59 Å². The zero-order valence-electron chi connectivity index (χ0n) is 16.1. The Balaban J connectivity index is 1.60. The van der Waals surface area contributed by atoms with Crippen molar-refractivity contribution < 1.29 is 9.59 Å². The molecular formula is C24H19N3O2S. The molecule has 1 heterocycles. The second-order valence-electron chi connectivity index (χ2n) is 6.93. The van der Waals surface area contributed by atoms with Gasteiger partial charge in [-0.05, 0) is 28.5 Å². The van der Waals surface area contributed by atoms with Gasteiger partial charge in [-0.25, -0.2) is 0 Å². The van der Waals surface area contributed by atoms with Gasteiger partial charge < -0.3 is 10.6 Å². The lowest BCUT2D eigenvalue weighted by Gasteiger charge is -2.26. The Kier molecular flexibility index (Phi) is 5.82. The first-order chi connectivity index (χ1) is 14.7. The molecule has 0 aromatic heterocycles. The highest BCUT2D eigenvalue weighted by molar-refractivity contribution is 8.03. The van der Waals surface area contributed by atoms with Crippen LogP contribution in [0.25, 0.3) is 10.8 Å². The van der Waals surface area contributed by atoms with E-state index in [4.69, 9.17) is 0 Å². The monoisotopic (exact) mass is 413 g/mol. The zero-order valence-corrected chi connectivity index (χ0v) is 16.9. The number of allylic oxidation sites excluding steroid dienone is 1. The van der Waals surface area contributed by atoms with Crippen LogP contribution in [-0.4, -0.2) is 17.6 Å². The standard InChI is InChI=1S/C24H19N3O2S/c25-14-21-20(19-12-6-8-16-7-4-5-11-18(16)19)13-22(28)27-24(21)30-15-23(29)26-17-9-2-1-3-10-17/h1-12,20H,13,15H2,(H,26,29)(H,27,28)/t20-/m1/s1. The smallest absolute Gasteiger partial charge is 0.234 e. The number of benzene rings is 3. The molecule has 0 unspecified atom stereocenters. The summed E-state index contributed by atoms with van der Waals surface area (Å²) in [7, 11) is 0. The van der Waals surface area contributed by atoms with Crippen molar-refractivity contribution in [3.63, 3.8) is 0 Å². The number of thioether (sulfide) groups is 1. The number of rotatable bonds is 5. The van der Waals surface area contributed by atoms with Gasteiger partial charge in [-0.2, -0.15) is 5.26 Å². The number of carbonyl (C=O) groups excluding carboxylic acids is 2. The first-order valence-electron chi connectivity index (χ1n) is 9.55. The predicted octanol–water partition coefficient (Wildman–Crippen LogP) is 4.55. The molecule has 2 N–H and O–H groups in total. The maximum absolute atomic E-state index is 12.4. The molecule has 1 aliphatic heterocycles. The van der Waals surface area contributed by atoms with E-state index < -0.39 is 0 Å². The molecule has 5 nitrogen and oxygen atoms in total. The van der Waals surface area contributed by atoms with Gasteiger partial charge in [0.15, 0.2) is 0 Å². The zero-order chi connectivity index (χ0) is 20.9. The number of anilines is 1. The van der Waals surface area contributed by atoms with Gasteiger partial charge >= 0.3 is 0 Å². The Morgan fingerprint density at radius 2 is 1.80 bits per heavy atom.